The van der Waals surface area contributed by atoms with Gasteiger partial charge in [0, 0.05) is 50.9 Å². The molecule has 0 radical (unpaired) electrons. The third-order valence-electron chi connectivity index (χ3n) is 5.45. The molecule has 0 saturated carbocycles. The highest BCUT2D eigenvalue weighted by molar-refractivity contribution is 5.76. The van der Waals surface area contributed by atoms with Crippen LogP contribution in [-0.2, 0) is 11.2 Å². The largest absolute Gasteiger partial charge is 0.497 e. The number of piperazine rings is 1. The molecule has 1 fully saturated rings. The van der Waals surface area contributed by atoms with Crippen molar-refractivity contribution in [3.8, 4) is 5.75 Å². The Morgan fingerprint density at radius 1 is 1.04 bits per heavy atom. The number of rotatable bonds is 8. The number of carbonyl (C=O) groups is 1. The summed E-state index contributed by atoms with van der Waals surface area (Å²) in [6.45, 7) is 7.00. The number of amides is 1. The zero-order chi connectivity index (χ0) is 19.8. The lowest BCUT2D eigenvalue weighted by atomic mass is 10.1. The summed E-state index contributed by atoms with van der Waals surface area (Å²) in [6.07, 6.45) is 1.26. The molecule has 2 aromatic rings. The van der Waals surface area contributed by atoms with Crippen molar-refractivity contribution in [3.05, 3.63) is 60.2 Å². The van der Waals surface area contributed by atoms with Crippen LogP contribution in [0.4, 0.5) is 5.69 Å². The van der Waals surface area contributed by atoms with Gasteiger partial charge in [-0.1, -0.05) is 30.3 Å². The van der Waals surface area contributed by atoms with Crippen LogP contribution in [0.1, 0.15) is 18.9 Å². The summed E-state index contributed by atoms with van der Waals surface area (Å²) < 4.78 is 5.16. The topological polar surface area (TPSA) is 44.8 Å². The number of carbonyl (C=O) groups excluding carboxylic acids is 1. The normalized spacial score (nSPS) is 15.9. The van der Waals surface area contributed by atoms with Crippen molar-refractivity contribution in [3.63, 3.8) is 0 Å². The van der Waals surface area contributed by atoms with E-state index in [-0.39, 0.29) is 5.91 Å². The van der Waals surface area contributed by atoms with E-state index in [4.69, 9.17) is 4.74 Å². The second-order valence-electron chi connectivity index (χ2n) is 7.36. The summed E-state index contributed by atoms with van der Waals surface area (Å²) in [6, 6.07) is 18.8. The van der Waals surface area contributed by atoms with E-state index >= 15 is 0 Å². The molecule has 28 heavy (non-hydrogen) atoms. The van der Waals surface area contributed by atoms with Gasteiger partial charge in [0.2, 0.25) is 5.91 Å². The molecule has 1 N–H and O–H groups in total. The molecular formula is C23H31N3O2. The molecule has 3 rings (SSSR count). The highest BCUT2D eigenvalue weighted by Crippen LogP contribution is 2.16. The monoisotopic (exact) mass is 381 g/mol. The van der Waals surface area contributed by atoms with Crippen LogP contribution in [-0.4, -0.2) is 56.7 Å². The number of nitrogens with one attached hydrogen (secondary N) is 1. The Morgan fingerprint density at radius 3 is 2.36 bits per heavy atom. The summed E-state index contributed by atoms with van der Waals surface area (Å²) in [5.74, 6) is 0.958. The molecule has 5 heteroatoms. The molecule has 1 atom stereocenters. The molecular weight excluding hydrogens is 350 g/mol. The fourth-order valence-corrected chi connectivity index (χ4v) is 3.59. The van der Waals surface area contributed by atoms with Crippen LogP contribution in [0.2, 0.25) is 0 Å². The van der Waals surface area contributed by atoms with Crippen molar-refractivity contribution in [2.75, 3.05) is 44.7 Å². The number of ether oxygens (including phenoxy) is 1. The van der Waals surface area contributed by atoms with Gasteiger partial charge in [-0.2, -0.15) is 0 Å². The molecule has 0 spiro atoms. The van der Waals surface area contributed by atoms with Crippen LogP contribution in [0.5, 0.6) is 5.75 Å². The molecule has 150 valence electrons. The summed E-state index contributed by atoms with van der Waals surface area (Å²) >= 11 is 0. The highest BCUT2D eigenvalue weighted by Gasteiger charge is 2.21. The number of methoxy groups -OCH3 is 1. The third-order valence-corrected chi connectivity index (χ3v) is 5.45. The van der Waals surface area contributed by atoms with E-state index in [1.807, 2.05) is 24.3 Å². The fraction of sp³-hybridized carbons (Fsp3) is 0.435. The molecule has 5 nitrogen and oxygen atoms in total. The number of benzene rings is 2. The number of aryl methyl sites for hydroxylation is 1. The maximum Gasteiger partial charge on any atom is 0.220 e. The Balaban J connectivity index is 1.35. The molecule has 1 aliphatic heterocycles. The number of para-hydroxylation sites is 1. The molecule has 1 saturated heterocycles. The average molecular weight is 382 g/mol. The van der Waals surface area contributed by atoms with Crippen LogP contribution >= 0.6 is 0 Å². The third kappa shape index (κ3) is 5.73. The minimum Gasteiger partial charge on any atom is -0.497 e. The van der Waals surface area contributed by atoms with Gasteiger partial charge in [-0.05, 0) is 43.2 Å². The van der Waals surface area contributed by atoms with E-state index in [9.17, 15) is 4.79 Å². The zero-order valence-corrected chi connectivity index (χ0v) is 16.9. The molecule has 0 aromatic heterocycles. The first kappa shape index (κ1) is 20.2. The van der Waals surface area contributed by atoms with E-state index in [2.05, 4.69) is 52.4 Å². The van der Waals surface area contributed by atoms with Crippen molar-refractivity contribution in [1.82, 2.24) is 10.2 Å². The van der Waals surface area contributed by atoms with Crippen molar-refractivity contribution in [1.29, 1.82) is 0 Å². The van der Waals surface area contributed by atoms with Gasteiger partial charge in [0.15, 0.2) is 0 Å². The standard InChI is InChI=1S/C23H31N3O2/c1-19(25-14-16-26(17-15-25)21-6-4-3-5-7-21)18-24-23(27)13-10-20-8-11-22(28-2)12-9-20/h3-9,11-12,19H,10,13-18H2,1-2H3,(H,24,27). The Bertz CT molecular complexity index is 725. The number of anilines is 1. The van der Waals surface area contributed by atoms with Gasteiger partial charge in [0.1, 0.15) is 5.75 Å². The van der Waals surface area contributed by atoms with Gasteiger partial charge < -0.3 is 15.0 Å². The molecule has 1 aliphatic rings. The van der Waals surface area contributed by atoms with Crippen molar-refractivity contribution < 1.29 is 9.53 Å². The minimum atomic E-state index is 0.116. The van der Waals surface area contributed by atoms with Crippen LogP contribution < -0.4 is 15.0 Å². The lowest BCUT2D eigenvalue weighted by Gasteiger charge is -2.39. The number of nitrogens with zero attached hydrogens (tertiary/aromatic N) is 2. The van der Waals surface area contributed by atoms with Crippen LogP contribution in [0.3, 0.4) is 0 Å². The second kappa shape index (κ2) is 10.1. The van der Waals surface area contributed by atoms with Gasteiger partial charge in [-0.25, -0.2) is 0 Å². The van der Waals surface area contributed by atoms with Gasteiger partial charge in [0.25, 0.3) is 0 Å². The maximum atomic E-state index is 12.2. The van der Waals surface area contributed by atoms with E-state index in [1.54, 1.807) is 7.11 Å². The van der Waals surface area contributed by atoms with Crippen molar-refractivity contribution in [2.45, 2.75) is 25.8 Å². The smallest absolute Gasteiger partial charge is 0.220 e. The second-order valence-corrected chi connectivity index (χ2v) is 7.36. The van der Waals surface area contributed by atoms with Crippen LogP contribution in [0.25, 0.3) is 0 Å². The molecule has 1 amide bonds. The first-order valence-electron chi connectivity index (χ1n) is 10.1. The zero-order valence-electron chi connectivity index (χ0n) is 16.9. The molecule has 0 bridgehead atoms. The summed E-state index contributed by atoms with van der Waals surface area (Å²) in [7, 11) is 1.66. The van der Waals surface area contributed by atoms with Crippen molar-refractivity contribution >= 4 is 11.6 Å². The number of hydrogen-bond donors (Lipinski definition) is 1. The highest BCUT2D eigenvalue weighted by atomic mass is 16.5. The summed E-state index contributed by atoms with van der Waals surface area (Å²) in [5, 5.41) is 3.10. The SMILES string of the molecule is COc1ccc(CCC(=O)NCC(C)N2CCN(c3ccccc3)CC2)cc1. The Hall–Kier alpha value is -2.53. The Morgan fingerprint density at radius 2 is 1.71 bits per heavy atom. The molecule has 2 aromatic carbocycles. The van der Waals surface area contributed by atoms with E-state index < -0.39 is 0 Å². The molecule has 1 heterocycles. The lowest BCUT2D eigenvalue weighted by Crippen LogP contribution is -2.52. The predicted molar refractivity (Wildman–Crippen MR) is 114 cm³/mol. The van der Waals surface area contributed by atoms with Crippen molar-refractivity contribution in [2.24, 2.45) is 0 Å². The van der Waals surface area contributed by atoms with E-state index in [0.717, 1.165) is 43.9 Å². The average Bonchev–Trinajstić information content (AvgIpc) is 2.77. The van der Waals surface area contributed by atoms with Crippen LogP contribution in [0.15, 0.2) is 54.6 Å². The van der Waals surface area contributed by atoms with Gasteiger partial charge in [-0.15, -0.1) is 0 Å². The summed E-state index contributed by atoms with van der Waals surface area (Å²) in [4.78, 5) is 17.1. The van der Waals surface area contributed by atoms with E-state index in [0.29, 0.717) is 19.0 Å². The van der Waals surface area contributed by atoms with Crippen LogP contribution in [0, 0.1) is 0 Å². The van der Waals surface area contributed by atoms with Gasteiger partial charge in [0.05, 0.1) is 7.11 Å². The first-order valence-corrected chi connectivity index (χ1v) is 10.1. The lowest BCUT2D eigenvalue weighted by molar-refractivity contribution is -0.121. The predicted octanol–water partition coefficient (Wildman–Crippen LogP) is 2.95. The van der Waals surface area contributed by atoms with Gasteiger partial charge in [-0.3, -0.25) is 9.69 Å². The maximum absolute atomic E-state index is 12.2. The quantitative estimate of drug-likeness (QED) is 0.764. The first-order chi connectivity index (χ1) is 13.7. The molecule has 1 unspecified atom stereocenters. The fourth-order valence-electron chi connectivity index (χ4n) is 3.59. The van der Waals surface area contributed by atoms with Gasteiger partial charge >= 0.3 is 0 Å². The number of hydrogen-bond acceptors (Lipinski definition) is 4. The minimum absolute atomic E-state index is 0.116. The molecule has 0 aliphatic carbocycles. The van der Waals surface area contributed by atoms with E-state index in [1.165, 1.54) is 5.69 Å². The summed E-state index contributed by atoms with van der Waals surface area (Å²) in [5.41, 5.74) is 2.45. The Labute approximate surface area is 168 Å². The Kier molecular flexibility index (Phi) is 7.31.